The third kappa shape index (κ3) is 1.78. The Labute approximate surface area is 127 Å². The highest BCUT2D eigenvalue weighted by atomic mass is 79.9. The van der Waals surface area contributed by atoms with E-state index >= 15 is 0 Å². The summed E-state index contributed by atoms with van der Waals surface area (Å²) in [7, 11) is 0. The van der Waals surface area contributed by atoms with Gasteiger partial charge in [-0.1, -0.05) is 28.9 Å². The molecule has 1 saturated heterocycles. The smallest absolute Gasteiger partial charge is 0.0602 e. The summed E-state index contributed by atoms with van der Waals surface area (Å²) >= 11 is 3.71. The molecule has 0 bridgehead atoms. The topological polar surface area (TPSA) is 29.9 Å². The Morgan fingerprint density at radius 2 is 2.35 bits per heavy atom. The molecule has 1 aliphatic carbocycles. The van der Waals surface area contributed by atoms with Crippen molar-refractivity contribution in [2.45, 2.75) is 25.8 Å². The molecule has 0 saturated carbocycles. The van der Waals surface area contributed by atoms with Crippen molar-refractivity contribution in [3.8, 4) is 0 Å². The van der Waals surface area contributed by atoms with Gasteiger partial charge in [0.2, 0.25) is 0 Å². The van der Waals surface area contributed by atoms with Crippen LogP contribution >= 0.6 is 15.9 Å². The van der Waals surface area contributed by atoms with Gasteiger partial charge in [-0.15, -0.1) is 0 Å². The third-order valence-electron chi connectivity index (χ3n) is 4.69. The van der Waals surface area contributed by atoms with Crippen molar-refractivity contribution in [1.29, 1.82) is 0 Å². The van der Waals surface area contributed by atoms with Gasteiger partial charge in [-0.2, -0.15) is 0 Å². The maximum atomic E-state index is 4.60. The number of hydrogen-bond donors (Lipinski definition) is 1. The van der Waals surface area contributed by atoms with Crippen LogP contribution < -0.4 is 5.32 Å². The standard InChI is InChI=1S/C16H18BrN3/c1-10-4-6-18-9-14(10)20-7-5-11-8-19-13-3-2-12(17)15(13)16(11)20/h2,5,7-8,10,14,18H,3-4,6,9H2,1H3/t10-,14+/m1/s1. The van der Waals surface area contributed by atoms with Crippen LogP contribution in [0.25, 0.3) is 15.4 Å². The molecule has 3 nitrogen and oxygen atoms in total. The van der Waals surface area contributed by atoms with Crippen LogP contribution in [0.2, 0.25) is 0 Å². The Morgan fingerprint density at radius 3 is 3.20 bits per heavy atom. The van der Waals surface area contributed by atoms with E-state index in [0.717, 1.165) is 19.5 Å². The van der Waals surface area contributed by atoms with Crippen LogP contribution in [0, 0.1) is 5.92 Å². The van der Waals surface area contributed by atoms with Gasteiger partial charge < -0.3 is 9.88 Å². The predicted molar refractivity (Wildman–Crippen MR) is 86.0 cm³/mol. The number of nitrogens with one attached hydrogen (secondary N) is 1. The SMILES string of the molecule is C[C@@H]1CCNC[C@@H]1n1ccc2cnc3c(c21)C(Br)=CC3. The maximum Gasteiger partial charge on any atom is 0.0602 e. The molecular formula is C16H18BrN3. The first-order valence-electron chi connectivity index (χ1n) is 7.31. The van der Waals surface area contributed by atoms with Crippen molar-refractivity contribution in [2.75, 3.05) is 13.1 Å². The summed E-state index contributed by atoms with van der Waals surface area (Å²) in [6.07, 6.45) is 8.66. The summed E-state index contributed by atoms with van der Waals surface area (Å²) in [5, 5.41) is 4.78. The molecule has 1 fully saturated rings. The zero-order valence-electron chi connectivity index (χ0n) is 11.6. The van der Waals surface area contributed by atoms with Crippen molar-refractivity contribution in [1.82, 2.24) is 14.9 Å². The molecule has 104 valence electrons. The normalized spacial score (nSPS) is 25.8. The zero-order valence-corrected chi connectivity index (χ0v) is 13.2. The van der Waals surface area contributed by atoms with Gasteiger partial charge in [0.15, 0.2) is 0 Å². The highest BCUT2D eigenvalue weighted by molar-refractivity contribution is 9.15. The molecule has 2 atom stereocenters. The second-order valence-electron chi connectivity index (χ2n) is 5.90. The molecule has 1 N–H and O–H groups in total. The minimum atomic E-state index is 0.536. The quantitative estimate of drug-likeness (QED) is 0.866. The number of rotatable bonds is 1. The highest BCUT2D eigenvalue weighted by Gasteiger charge is 2.26. The summed E-state index contributed by atoms with van der Waals surface area (Å²) < 4.78 is 3.66. The number of piperidine rings is 1. The first kappa shape index (κ1) is 12.6. The van der Waals surface area contributed by atoms with Crippen molar-refractivity contribution >= 4 is 31.3 Å². The second-order valence-corrected chi connectivity index (χ2v) is 6.75. The number of hydrogen-bond acceptors (Lipinski definition) is 2. The number of aromatic nitrogens is 2. The fraction of sp³-hybridized carbons (Fsp3) is 0.438. The van der Waals surface area contributed by atoms with E-state index < -0.39 is 0 Å². The van der Waals surface area contributed by atoms with Crippen LogP contribution in [-0.4, -0.2) is 22.6 Å². The summed E-state index contributed by atoms with van der Waals surface area (Å²) in [6, 6.07) is 2.73. The molecule has 2 aliphatic rings. The van der Waals surface area contributed by atoms with Crippen LogP contribution in [0.1, 0.15) is 30.6 Å². The molecule has 20 heavy (non-hydrogen) atoms. The van der Waals surface area contributed by atoms with Crippen molar-refractivity contribution < 1.29 is 0 Å². The van der Waals surface area contributed by atoms with Crippen molar-refractivity contribution in [3.05, 3.63) is 35.8 Å². The van der Waals surface area contributed by atoms with E-state index in [1.165, 1.54) is 33.1 Å². The van der Waals surface area contributed by atoms with Gasteiger partial charge in [0, 0.05) is 46.8 Å². The number of halogens is 1. The van der Waals surface area contributed by atoms with Crippen LogP contribution in [0.5, 0.6) is 0 Å². The largest absolute Gasteiger partial charge is 0.342 e. The molecule has 0 spiro atoms. The molecule has 0 aromatic carbocycles. The average Bonchev–Trinajstić information content (AvgIpc) is 3.03. The summed E-state index contributed by atoms with van der Waals surface area (Å²) in [5.41, 5.74) is 3.84. The Morgan fingerprint density at radius 1 is 1.45 bits per heavy atom. The molecule has 0 amide bonds. The number of allylic oxidation sites excluding steroid dienone is 1. The van der Waals surface area contributed by atoms with Gasteiger partial charge in [0.1, 0.15) is 0 Å². The van der Waals surface area contributed by atoms with E-state index in [-0.39, 0.29) is 0 Å². The van der Waals surface area contributed by atoms with Gasteiger partial charge >= 0.3 is 0 Å². The summed E-state index contributed by atoms with van der Waals surface area (Å²) in [4.78, 5) is 4.60. The molecule has 3 heterocycles. The Bertz CT molecular complexity index is 701. The van der Waals surface area contributed by atoms with E-state index in [1.807, 2.05) is 6.20 Å². The summed E-state index contributed by atoms with van der Waals surface area (Å²) in [6.45, 7) is 4.56. The molecule has 2 aromatic rings. The fourth-order valence-electron chi connectivity index (χ4n) is 3.51. The Balaban J connectivity index is 1.92. The molecule has 4 rings (SSSR count). The monoisotopic (exact) mass is 331 g/mol. The van der Waals surface area contributed by atoms with Gasteiger partial charge in [0.25, 0.3) is 0 Å². The predicted octanol–water partition coefficient (Wildman–Crippen LogP) is 3.50. The number of nitrogens with zero attached hydrogens (tertiary/aromatic N) is 2. The highest BCUT2D eigenvalue weighted by Crippen LogP contribution is 2.38. The van der Waals surface area contributed by atoms with Gasteiger partial charge in [-0.05, 0) is 24.9 Å². The lowest BCUT2D eigenvalue weighted by Gasteiger charge is -2.31. The van der Waals surface area contributed by atoms with Gasteiger partial charge in [0.05, 0.1) is 11.2 Å². The maximum absolute atomic E-state index is 4.60. The van der Waals surface area contributed by atoms with Gasteiger partial charge in [-0.25, -0.2) is 0 Å². The van der Waals surface area contributed by atoms with Crippen molar-refractivity contribution in [2.24, 2.45) is 5.92 Å². The number of fused-ring (bicyclic) bond motifs is 3. The zero-order chi connectivity index (χ0) is 13.7. The minimum Gasteiger partial charge on any atom is -0.342 e. The molecule has 1 aliphatic heterocycles. The second kappa shape index (κ2) is 4.71. The lowest BCUT2D eigenvalue weighted by atomic mass is 9.94. The summed E-state index contributed by atoms with van der Waals surface area (Å²) in [5.74, 6) is 0.708. The van der Waals surface area contributed by atoms with Crippen LogP contribution in [0.3, 0.4) is 0 Å². The minimum absolute atomic E-state index is 0.536. The van der Waals surface area contributed by atoms with Crippen LogP contribution in [0.4, 0.5) is 0 Å². The lowest BCUT2D eigenvalue weighted by molar-refractivity contribution is 0.280. The first-order chi connectivity index (χ1) is 9.75. The Hall–Kier alpha value is -1.13. The van der Waals surface area contributed by atoms with E-state index in [9.17, 15) is 0 Å². The lowest BCUT2D eigenvalue weighted by Crippen LogP contribution is -2.36. The van der Waals surface area contributed by atoms with Crippen LogP contribution in [-0.2, 0) is 6.42 Å². The average molecular weight is 332 g/mol. The molecule has 4 heteroatoms. The molecule has 0 radical (unpaired) electrons. The van der Waals surface area contributed by atoms with Crippen molar-refractivity contribution in [3.63, 3.8) is 0 Å². The number of pyridine rings is 1. The van der Waals surface area contributed by atoms with E-state index in [4.69, 9.17) is 0 Å². The molecular weight excluding hydrogens is 314 g/mol. The molecule has 0 unspecified atom stereocenters. The Kier molecular flexibility index (Phi) is 2.97. The first-order valence-corrected chi connectivity index (χ1v) is 8.10. The molecule has 2 aromatic heterocycles. The fourth-order valence-corrected chi connectivity index (χ4v) is 4.08. The third-order valence-corrected chi connectivity index (χ3v) is 5.41. The van der Waals surface area contributed by atoms with Gasteiger partial charge in [-0.3, -0.25) is 4.98 Å². The van der Waals surface area contributed by atoms with E-state index in [1.54, 1.807) is 0 Å². The van der Waals surface area contributed by atoms with E-state index in [0.29, 0.717) is 12.0 Å². The van der Waals surface area contributed by atoms with Crippen LogP contribution in [0.15, 0.2) is 24.5 Å². The van der Waals surface area contributed by atoms with E-state index in [2.05, 4.69) is 56.1 Å².